The summed E-state index contributed by atoms with van der Waals surface area (Å²) in [5.74, 6) is 0.390. The van der Waals surface area contributed by atoms with Gasteiger partial charge >= 0.3 is 0 Å². The SMILES string of the molecule is O=C(CSc1ccccc1F)NCCOc1ccc(Cl)cc1. The fourth-order valence-electron chi connectivity index (χ4n) is 1.65. The van der Waals surface area contributed by atoms with Crippen molar-refractivity contribution in [1.29, 1.82) is 0 Å². The molecule has 0 saturated heterocycles. The van der Waals surface area contributed by atoms with E-state index in [1.165, 1.54) is 17.8 Å². The van der Waals surface area contributed by atoms with E-state index >= 15 is 0 Å². The molecule has 0 saturated carbocycles. The van der Waals surface area contributed by atoms with Gasteiger partial charge in [0.25, 0.3) is 0 Å². The van der Waals surface area contributed by atoms with Crippen LogP contribution in [0.1, 0.15) is 0 Å². The molecule has 22 heavy (non-hydrogen) atoms. The first-order valence-corrected chi connectivity index (χ1v) is 8.04. The number of hydrogen-bond acceptors (Lipinski definition) is 3. The summed E-state index contributed by atoms with van der Waals surface area (Å²) in [6.45, 7) is 0.747. The molecule has 0 fully saturated rings. The normalized spacial score (nSPS) is 10.3. The third-order valence-electron chi connectivity index (χ3n) is 2.70. The van der Waals surface area contributed by atoms with Gasteiger partial charge in [0.1, 0.15) is 18.2 Å². The predicted molar refractivity (Wildman–Crippen MR) is 87.1 cm³/mol. The summed E-state index contributed by atoms with van der Waals surface area (Å²) in [6.07, 6.45) is 0. The maximum absolute atomic E-state index is 13.4. The molecule has 0 unspecified atom stereocenters. The highest BCUT2D eigenvalue weighted by Gasteiger charge is 2.05. The van der Waals surface area contributed by atoms with Gasteiger partial charge in [0.15, 0.2) is 0 Å². The molecule has 6 heteroatoms. The number of hydrogen-bond donors (Lipinski definition) is 1. The van der Waals surface area contributed by atoms with Crippen molar-refractivity contribution in [2.45, 2.75) is 4.90 Å². The van der Waals surface area contributed by atoms with E-state index in [0.717, 1.165) is 0 Å². The molecule has 116 valence electrons. The molecule has 0 atom stereocenters. The van der Waals surface area contributed by atoms with Crippen LogP contribution < -0.4 is 10.1 Å². The zero-order valence-electron chi connectivity index (χ0n) is 11.7. The molecule has 0 aliphatic carbocycles. The Morgan fingerprint density at radius 3 is 2.64 bits per heavy atom. The molecule has 0 aliphatic heterocycles. The second kappa shape index (κ2) is 8.66. The molecular weight excluding hydrogens is 325 g/mol. The summed E-state index contributed by atoms with van der Waals surface area (Å²) in [7, 11) is 0. The fraction of sp³-hybridized carbons (Fsp3) is 0.188. The van der Waals surface area contributed by atoms with Crippen LogP contribution in [0.15, 0.2) is 53.4 Å². The summed E-state index contributed by atoms with van der Waals surface area (Å²) in [5, 5.41) is 3.36. The number of amides is 1. The van der Waals surface area contributed by atoms with Crippen LogP contribution in [0.25, 0.3) is 0 Å². The Morgan fingerprint density at radius 1 is 1.18 bits per heavy atom. The highest BCUT2D eigenvalue weighted by molar-refractivity contribution is 8.00. The summed E-state index contributed by atoms with van der Waals surface area (Å²) >= 11 is 6.94. The predicted octanol–water partition coefficient (Wildman–Crippen LogP) is 3.77. The zero-order valence-corrected chi connectivity index (χ0v) is 13.3. The molecule has 3 nitrogen and oxygen atoms in total. The third kappa shape index (κ3) is 5.58. The quantitative estimate of drug-likeness (QED) is 0.616. The highest BCUT2D eigenvalue weighted by atomic mass is 35.5. The smallest absolute Gasteiger partial charge is 0.230 e. The summed E-state index contributed by atoms with van der Waals surface area (Å²) in [6, 6.07) is 13.4. The van der Waals surface area contributed by atoms with Crippen LogP contribution in [0.4, 0.5) is 4.39 Å². The number of thioether (sulfide) groups is 1. The average molecular weight is 340 g/mol. The molecule has 2 aromatic carbocycles. The summed E-state index contributed by atoms with van der Waals surface area (Å²) < 4.78 is 18.8. The van der Waals surface area contributed by atoms with Crippen molar-refractivity contribution in [2.24, 2.45) is 0 Å². The fourth-order valence-corrected chi connectivity index (χ4v) is 2.54. The molecule has 1 amide bonds. The topological polar surface area (TPSA) is 38.3 Å². The second-order valence-electron chi connectivity index (χ2n) is 4.37. The lowest BCUT2D eigenvalue weighted by molar-refractivity contribution is -0.118. The Labute approximate surface area is 137 Å². The maximum atomic E-state index is 13.4. The first kappa shape index (κ1) is 16.6. The van der Waals surface area contributed by atoms with Crippen LogP contribution in [0.5, 0.6) is 5.75 Å². The van der Waals surface area contributed by atoms with Crippen LogP contribution >= 0.6 is 23.4 Å². The van der Waals surface area contributed by atoms with E-state index in [2.05, 4.69) is 5.32 Å². The number of rotatable bonds is 7. The molecule has 2 aromatic rings. The van der Waals surface area contributed by atoms with Crippen LogP contribution in [0.2, 0.25) is 5.02 Å². The minimum Gasteiger partial charge on any atom is -0.492 e. The Bertz CT molecular complexity index is 622. The Morgan fingerprint density at radius 2 is 1.91 bits per heavy atom. The molecule has 0 spiro atoms. The Hall–Kier alpha value is -1.72. The molecule has 0 radical (unpaired) electrons. The Balaban J connectivity index is 1.64. The van der Waals surface area contributed by atoms with Crippen LogP contribution in [-0.4, -0.2) is 24.8 Å². The number of carbonyl (C=O) groups excluding carboxylic acids is 1. The van der Waals surface area contributed by atoms with Gasteiger partial charge in [0, 0.05) is 9.92 Å². The average Bonchev–Trinajstić information content (AvgIpc) is 2.52. The number of nitrogens with one attached hydrogen (secondary N) is 1. The van der Waals surface area contributed by atoms with E-state index in [4.69, 9.17) is 16.3 Å². The van der Waals surface area contributed by atoms with E-state index in [1.54, 1.807) is 42.5 Å². The highest BCUT2D eigenvalue weighted by Crippen LogP contribution is 2.20. The third-order valence-corrected chi connectivity index (χ3v) is 4.00. The molecular formula is C16H15ClFNO2S. The molecule has 1 N–H and O–H groups in total. The van der Waals surface area contributed by atoms with Crippen molar-refractivity contribution in [1.82, 2.24) is 5.32 Å². The Kier molecular flexibility index (Phi) is 6.55. The van der Waals surface area contributed by atoms with Crippen molar-refractivity contribution in [3.05, 3.63) is 59.4 Å². The van der Waals surface area contributed by atoms with Crippen LogP contribution in [0, 0.1) is 5.82 Å². The van der Waals surface area contributed by atoms with Gasteiger partial charge in [-0.1, -0.05) is 23.7 Å². The zero-order chi connectivity index (χ0) is 15.8. The number of halogens is 2. The van der Waals surface area contributed by atoms with Gasteiger partial charge in [-0.2, -0.15) is 0 Å². The monoisotopic (exact) mass is 339 g/mol. The van der Waals surface area contributed by atoms with Gasteiger partial charge in [-0.3, -0.25) is 4.79 Å². The molecule has 0 heterocycles. The summed E-state index contributed by atoms with van der Waals surface area (Å²) in [4.78, 5) is 12.1. The van der Waals surface area contributed by atoms with Gasteiger partial charge in [0.05, 0.1) is 12.3 Å². The van der Waals surface area contributed by atoms with E-state index in [-0.39, 0.29) is 17.5 Å². The lowest BCUT2D eigenvalue weighted by atomic mass is 10.3. The van der Waals surface area contributed by atoms with E-state index < -0.39 is 0 Å². The minimum atomic E-state index is -0.314. The van der Waals surface area contributed by atoms with E-state index in [1.807, 2.05) is 0 Å². The number of benzene rings is 2. The van der Waals surface area contributed by atoms with Crippen LogP contribution in [-0.2, 0) is 4.79 Å². The lowest BCUT2D eigenvalue weighted by Crippen LogP contribution is -2.29. The van der Waals surface area contributed by atoms with Crippen molar-refractivity contribution in [2.75, 3.05) is 18.9 Å². The van der Waals surface area contributed by atoms with Gasteiger partial charge in [0.2, 0.25) is 5.91 Å². The molecule has 0 bridgehead atoms. The van der Waals surface area contributed by atoms with Crippen molar-refractivity contribution >= 4 is 29.3 Å². The summed E-state index contributed by atoms with van der Waals surface area (Å²) in [5.41, 5.74) is 0. The molecule has 0 aromatic heterocycles. The maximum Gasteiger partial charge on any atom is 0.230 e. The lowest BCUT2D eigenvalue weighted by Gasteiger charge is -2.08. The second-order valence-corrected chi connectivity index (χ2v) is 5.83. The van der Waals surface area contributed by atoms with Gasteiger partial charge in [-0.25, -0.2) is 4.39 Å². The van der Waals surface area contributed by atoms with Crippen molar-refractivity contribution in [3.8, 4) is 5.75 Å². The van der Waals surface area contributed by atoms with E-state index in [0.29, 0.717) is 28.8 Å². The largest absolute Gasteiger partial charge is 0.492 e. The minimum absolute atomic E-state index is 0.159. The first-order chi connectivity index (χ1) is 10.6. The molecule has 0 aliphatic rings. The van der Waals surface area contributed by atoms with Gasteiger partial charge < -0.3 is 10.1 Å². The van der Waals surface area contributed by atoms with Gasteiger partial charge in [-0.05, 0) is 36.4 Å². The van der Waals surface area contributed by atoms with Crippen LogP contribution in [0.3, 0.4) is 0 Å². The van der Waals surface area contributed by atoms with Crippen molar-refractivity contribution in [3.63, 3.8) is 0 Å². The van der Waals surface area contributed by atoms with Gasteiger partial charge in [-0.15, -0.1) is 11.8 Å². The van der Waals surface area contributed by atoms with Crippen molar-refractivity contribution < 1.29 is 13.9 Å². The van der Waals surface area contributed by atoms with E-state index in [9.17, 15) is 9.18 Å². The first-order valence-electron chi connectivity index (χ1n) is 6.67. The molecule has 2 rings (SSSR count). The number of ether oxygens (including phenoxy) is 1. The number of carbonyl (C=O) groups is 1. The standard InChI is InChI=1S/C16H15ClFNO2S/c17-12-5-7-13(8-6-12)21-10-9-19-16(20)11-22-15-4-2-1-3-14(15)18/h1-8H,9-11H2,(H,19,20).